The van der Waals surface area contributed by atoms with Crippen LogP contribution in [0, 0.1) is 0 Å². The lowest BCUT2D eigenvalue weighted by atomic mass is 10.1. The van der Waals surface area contributed by atoms with E-state index in [0.29, 0.717) is 0 Å². The first-order valence-corrected chi connectivity index (χ1v) is 8.25. The van der Waals surface area contributed by atoms with Crippen molar-refractivity contribution in [3.8, 4) is 0 Å². The van der Waals surface area contributed by atoms with Crippen molar-refractivity contribution in [1.82, 2.24) is 10.3 Å². The quantitative estimate of drug-likeness (QED) is 0.860. The highest BCUT2D eigenvalue weighted by molar-refractivity contribution is 7.15. The van der Waals surface area contributed by atoms with Gasteiger partial charge in [0, 0.05) is 36.0 Å². The zero-order valence-corrected chi connectivity index (χ0v) is 13.7. The van der Waals surface area contributed by atoms with Gasteiger partial charge in [-0.05, 0) is 47.5 Å². The second kappa shape index (κ2) is 5.80. The lowest BCUT2D eigenvalue weighted by Gasteiger charge is -2.20. The van der Waals surface area contributed by atoms with Gasteiger partial charge < -0.3 is 10.2 Å². The number of thiazole rings is 1. The normalized spacial score (nSPS) is 15.8. The van der Waals surface area contributed by atoms with E-state index < -0.39 is 0 Å². The molecule has 0 aromatic carbocycles. The van der Waals surface area contributed by atoms with Crippen LogP contribution in [0.5, 0.6) is 0 Å². The summed E-state index contributed by atoms with van der Waals surface area (Å²) in [6, 6.07) is 0. The van der Waals surface area contributed by atoms with Gasteiger partial charge in [-0.2, -0.15) is 0 Å². The van der Waals surface area contributed by atoms with Crippen LogP contribution < -0.4 is 10.2 Å². The average molecular weight is 281 g/mol. The first-order valence-electron chi connectivity index (χ1n) is 7.44. The van der Waals surface area contributed by atoms with Crippen LogP contribution in [0.15, 0.2) is 0 Å². The van der Waals surface area contributed by atoms with E-state index in [0.717, 1.165) is 25.6 Å². The molecule has 19 heavy (non-hydrogen) atoms. The fourth-order valence-corrected chi connectivity index (χ4v) is 3.34. The molecule has 4 heteroatoms. The predicted octanol–water partition coefficient (Wildman–Crippen LogP) is 3.75. The van der Waals surface area contributed by atoms with Gasteiger partial charge in [-0.25, -0.2) is 4.98 Å². The molecular weight excluding hydrogens is 254 g/mol. The predicted molar refractivity (Wildman–Crippen MR) is 84.2 cm³/mol. The van der Waals surface area contributed by atoms with Crippen LogP contribution in [0.1, 0.15) is 63.9 Å². The molecule has 1 aliphatic rings. The van der Waals surface area contributed by atoms with E-state index in [1.54, 1.807) is 0 Å². The zero-order chi connectivity index (χ0) is 14.0. The van der Waals surface area contributed by atoms with Crippen LogP contribution in [0.3, 0.4) is 0 Å². The molecule has 0 spiro atoms. The number of hydrogen-bond acceptors (Lipinski definition) is 4. The molecule has 1 aromatic heterocycles. The molecule has 0 aliphatic heterocycles. The monoisotopic (exact) mass is 281 g/mol. The second-order valence-corrected chi connectivity index (χ2v) is 7.42. The molecule has 0 bridgehead atoms. The van der Waals surface area contributed by atoms with E-state index in [1.165, 1.54) is 28.5 Å². The van der Waals surface area contributed by atoms with E-state index in [2.05, 4.69) is 44.8 Å². The smallest absolute Gasteiger partial charge is 0.185 e. The molecule has 0 saturated heterocycles. The van der Waals surface area contributed by atoms with Gasteiger partial charge >= 0.3 is 0 Å². The highest BCUT2D eigenvalue weighted by atomic mass is 32.1. The van der Waals surface area contributed by atoms with Crippen molar-refractivity contribution in [3.05, 3.63) is 10.6 Å². The molecule has 0 radical (unpaired) electrons. The summed E-state index contributed by atoms with van der Waals surface area (Å²) in [7, 11) is 0. The zero-order valence-electron chi connectivity index (χ0n) is 12.9. The molecule has 0 amide bonds. The third-order valence-electron chi connectivity index (χ3n) is 3.49. The molecular formula is C15H27N3S. The number of aromatic nitrogens is 1. The van der Waals surface area contributed by atoms with Crippen molar-refractivity contribution in [3.63, 3.8) is 0 Å². The molecule has 1 N–H and O–H groups in total. The summed E-state index contributed by atoms with van der Waals surface area (Å²) >= 11 is 1.88. The van der Waals surface area contributed by atoms with Crippen LogP contribution in [0.4, 0.5) is 5.13 Å². The Hall–Kier alpha value is -0.610. The third-order valence-corrected chi connectivity index (χ3v) is 4.63. The SMILES string of the molecule is CCN(CC)c1nc(C2CC2)c(CNC(C)(C)C)s1. The van der Waals surface area contributed by atoms with Crippen molar-refractivity contribution in [1.29, 1.82) is 0 Å². The maximum atomic E-state index is 4.92. The van der Waals surface area contributed by atoms with Crippen LogP contribution in [-0.4, -0.2) is 23.6 Å². The topological polar surface area (TPSA) is 28.2 Å². The average Bonchev–Trinajstić information content (AvgIpc) is 3.09. The number of rotatable bonds is 6. The third kappa shape index (κ3) is 3.93. The maximum Gasteiger partial charge on any atom is 0.185 e. The Morgan fingerprint density at radius 3 is 2.37 bits per heavy atom. The summed E-state index contributed by atoms with van der Waals surface area (Å²) in [6.07, 6.45) is 2.65. The van der Waals surface area contributed by atoms with Gasteiger partial charge in [0.2, 0.25) is 0 Å². The minimum atomic E-state index is 0.167. The van der Waals surface area contributed by atoms with E-state index in [1.807, 2.05) is 11.3 Å². The summed E-state index contributed by atoms with van der Waals surface area (Å²) in [5, 5.41) is 4.81. The lowest BCUT2D eigenvalue weighted by Crippen LogP contribution is -2.35. The van der Waals surface area contributed by atoms with Crippen LogP contribution in [-0.2, 0) is 6.54 Å². The number of anilines is 1. The standard InChI is InChI=1S/C15H27N3S/c1-6-18(7-2)14-17-13(11-8-9-11)12(19-14)10-16-15(3,4)5/h11,16H,6-10H2,1-5H3. The van der Waals surface area contributed by atoms with Gasteiger partial charge in [0.25, 0.3) is 0 Å². The molecule has 1 saturated carbocycles. The van der Waals surface area contributed by atoms with Crippen molar-refractivity contribution in [2.75, 3.05) is 18.0 Å². The molecule has 0 unspecified atom stereocenters. The fraction of sp³-hybridized carbons (Fsp3) is 0.800. The van der Waals surface area contributed by atoms with Crippen LogP contribution in [0.25, 0.3) is 0 Å². The second-order valence-electron chi connectivity index (χ2n) is 6.35. The highest BCUT2D eigenvalue weighted by Crippen LogP contribution is 2.44. The molecule has 1 heterocycles. The number of hydrogen-bond donors (Lipinski definition) is 1. The van der Waals surface area contributed by atoms with Crippen LogP contribution >= 0.6 is 11.3 Å². The first-order chi connectivity index (χ1) is 8.94. The van der Waals surface area contributed by atoms with Gasteiger partial charge in [-0.15, -0.1) is 11.3 Å². The molecule has 108 valence electrons. The number of nitrogens with zero attached hydrogens (tertiary/aromatic N) is 2. The van der Waals surface area contributed by atoms with E-state index >= 15 is 0 Å². The Labute approximate surface area is 121 Å². The lowest BCUT2D eigenvalue weighted by molar-refractivity contribution is 0.425. The Morgan fingerprint density at radius 2 is 1.89 bits per heavy atom. The van der Waals surface area contributed by atoms with Gasteiger partial charge in [0.05, 0.1) is 5.69 Å². The molecule has 3 nitrogen and oxygen atoms in total. The Morgan fingerprint density at radius 1 is 1.26 bits per heavy atom. The van der Waals surface area contributed by atoms with E-state index in [-0.39, 0.29) is 5.54 Å². The Kier molecular flexibility index (Phi) is 4.51. The van der Waals surface area contributed by atoms with Crippen LogP contribution in [0.2, 0.25) is 0 Å². The van der Waals surface area contributed by atoms with E-state index in [4.69, 9.17) is 4.98 Å². The van der Waals surface area contributed by atoms with Gasteiger partial charge in [0.1, 0.15) is 0 Å². The highest BCUT2D eigenvalue weighted by Gasteiger charge is 2.30. The number of nitrogens with one attached hydrogen (secondary N) is 1. The summed E-state index contributed by atoms with van der Waals surface area (Å²) in [5.74, 6) is 0.734. The first kappa shape index (κ1) is 14.8. The van der Waals surface area contributed by atoms with Crippen molar-refractivity contribution in [2.24, 2.45) is 0 Å². The van der Waals surface area contributed by atoms with Crippen molar-refractivity contribution < 1.29 is 0 Å². The van der Waals surface area contributed by atoms with Gasteiger partial charge in [-0.3, -0.25) is 0 Å². The molecule has 0 atom stereocenters. The van der Waals surface area contributed by atoms with Gasteiger partial charge in [-0.1, -0.05) is 0 Å². The Bertz CT molecular complexity index is 412. The Balaban J connectivity index is 2.16. The minimum Gasteiger partial charge on any atom is -0.349 e. The summed E-state index contributed by atoms with van der Waals surface area (Å²) in [6.45, 7) is 14.1. The molecule has 2 rings (SSSR count). The largest absolute Gasteiger partial charge is 0.349 e. The van der Waals surface area contributed by atoms with Gasteiger partial charge in [0.15, 0.2) is 5.13 Å². The fourth-order valence-electron chi connectivity index (χ4n) is 2.13. The summed E-state index contributed by atoms with van der Waals surface area (Å²) < 4.78 is 0. The summed E-state index contributed by atoms with van der Waals surface area (Å²) in [5.41, 5.74) is 1.53. The minimum absolute atomic E-state index is 0.167. The maximum absolute atomic E-state index is 4.92. The van der Waals surface area contributed by atoms with Crippen molar-refractivity contribution in [2.45, 2.75) is 65.5 Å². The van der Waals surface area contributed by atoms with E-state index in [9.17, 15) is 0 Å². The van der Waals surface area contributed by atoms with Crippen molar-refractivity contribution >= 4 is 16.5 Å². The molecule has 1 aliphatic carbocycles. The summed E-state index contributed by atoms with van der Waals surface area (Å²) in [4.78, 5) is 8.72. The molecule has 1 aromatic rings. The molecule has 1 fully saturated rings.